The second-order valence-electron chi connectivity index (χ2n) is 4.57. The first-order valence-corrected chi connectivity index (χ1v) is 7.16. The van der Waals surface area contributed by atoms with Crippen LogP contribution in [-0.4, -0.2) is 15.0 Å². The van der Waals surface area contributed by atoms with Gasteiger partial charge in [-0.1, -0.05) is 29.8 Å². The number of halogens is 1. The smallest absolute Gasteiger partial charge is 0.135 e. The monoisotopic (exact) mass is 311 g/mol. The van der Waals surface area contributed by atoms with Crippen molar-refractivity contribution in [3.05, 3.63) is 71.8 Å². The third-order valence-corrected chi connectivity index (χ3v) is 3.31. The highest BCUT2D eigenvalue weighted by Crippen LogP contribution is 2.24. The van der Waals surface area contributed by atoms with Crippen LogP contribution in [-0.2, 0) is 6.54 Å². The fraction of sp³-hybridized carbons (Fsp3) is 0.0625. The molecule has 22 heavy (non-hydrogen) atoms. The van der Waals surface area contributed by atoms with E-state index in [1.807, 2.05) is 48.5 Å². The normalized spacial score (nSPS) is 10.2. The maximum atomic E-state index is 6.13. The summed E-state index contributed by atoms with van der Waals surface area (Å²) >= 11 is 6.13. The zero-order chi connectivity index (χ0) is 15.2. The molecule has 0 unspecified atom stereocenters. The van der Waals surface area contributed by atoms with Crippen molar-refractivity contribution in [3.63, 3.8) is 0 Å². The quantitative estimate of drug-likeness (QED) is 0.748. The lowest BCUT2D eigenvalue weighted by molar-refractivity contribution is 1.02. The SMILES string of the molecule is Clc1ccccc1Nc1cc(NCc2ccccn2)ncn1. The number of para-hydroxylation sites is 1. The lowest BCUT2D eigenvalue weighted by atomic mass is 10.3. The highest BCUT2D eigenvalue weighted by Gasteiger charge is 2.02. The number of pyridine rings is 1. The van der Waals surface area contributed by atoms with Gasteiger partial charge in [0.2, 0.25) is 0 Å². The van der Waals surface area contributed by atoms with Crippen LogP contribution < -0.4 is 10.6 Å². The van der Waals surface area contributed by atoms with Crippen molar-refractivity contribution in [3.8, 4) is 0 Å². The van der Waals surface area contributed by atoms with Crippen LogP contribution in [0, 0.1) is 0 Å². The molecule has 0 amide bonds. The Morgan fingerprint density at radius 2 is 1.73 bits per heavy atom. The van der Waals surface area contributed by atoms with E-state index in [1.165, 1.54) is 6.33 Å². The molecule has 0 aliphatic heterocycles. The molecule has 0 aliphatic carbocycles. The van der Waals surface area contributed by atoms with E-state index < -0.39 is 0 Å². The number of hydrogen-bond acceptors (Lipinski definition) is 5. The maximum Gasteiger partial charge on any atom is 0.135 e. The maximum absolute atomic E-state index is 6.13. The predicted molar refractivity (Wildman–Crippen MR) is 88.3 cm³/mol. The minimum absolute atomic E-state index is 0.601. The van der Waals surface area contributed by atoms with Gasteiger partial charge < -0.3 is 10.6 Å². The van der Waals surface area contributed by atoms with Crippen LogP contribution in [0.4, 0.5) is 17.3 Å². The number of aromatic nitrogens is 3. The molecule has 3 aromatic rings. The zero-order valence-electron chi connectivity index (χ0n) is 11.7. The van der Waals surface area contributed by atoms with E-state index >= 15 is 0 Å². The van der Waals surface area contributed by atoms with E-state index in [4.69, 9.17) is 11.6 Å². The lowest BCUT2D eigenvalue weighted by Gasteiger charge is -2.09. The van der Waals surface area contributed by atoms with Gasteiger partial charge in [-0.3, -0.25) is 4.98 Å². The Bertz CT molecular complexity index is 748. The Kier molecular flexibility index (Phi) is 4.46. The van der Waals surface area contributed by atoms with Crippen LogP contribution in [0.5, 0.6) is 0 Å². The van der Waals surface area contributed by atoms with Gasteiger partial charge in [-0.25, -0.2) is 9.97 Å². The summed E-state index contributed by atoms with van der Waals surface area (Å²) in [7, 11) is 0. The Morgan fingerprint density at radius 1 is 0.909 bits per heavy atom. The molecule has 0 bridgehead atoms. The zero-order valence-corrected chi connectivity index (χ0v) is 12.5. The molecule has 110 valence electrons. The van der Waals surface area contributed by atoms with E-state index in [0.29, 0.717) is 17.4 Å². The fourth-order valence-corrected chi connectivity index (χ4v) is 2.09. The molecular formula is C16H14ClN5. The number of hydrogen-bond donors (Lipinski definition) is 2. The van der Waals surface area contributed by atoms with Crippen LogP contribution in [0.2, 0.25) is 5.02 Å². The second kappa shape index (κ2) is 6.87. The average Bonchev–Trinajstić information content (AvgIpc) is 2.57. The van der Waals surface area contributed by atoms with Crippen molar-refractivity contribution in [2.45, 2.75) is 6.54 Å². The molecule has 2 N–H and O–H groups in total. The van der Waals surface area contributed by atoms with Crippen LogP contribution >= 0.6 is 11.6 Å². The van der Waals surface area contributed by atoms with Gasteiger partial charge in [0.15, 0.2) is 0 Å². The van der Waals surface area contributed by atoms with Gasteiger partial charge in [-0.2, -0.15) is 0 Å². The molecule has 5 nitrogen and oxygen atoms in total. The third-order valence-electron chi connectivity index (χ3n) is 2.98. The van der Waals surface area contributed by atoms with E-state index in [9.17, 15) is 0 Å². The molecule has 3 rings (SSSR count). The molecule has 0 fully saturated rings. The standard InChI is InChI=1S/C16H14ClN5/c17-13-6-1-2-7-14(13)22-16-9-15(20-11-21-16)19-10-12-5-3-4-8-18-12/h1-9,11H,10H2,(H2,19,20,21,22). The minimum atomic E-state index is 0.601. The predicted octanol–water partition coefficient (Wildman–Crippen LogP) is 3.88. The first-order valence-electron chi connectivity index (χ1n) is 6.78. The highest BCUT2D eigenvalue weighted by atomic mass is 35.5. The Balaban J connectivity index is 1.69. The van der Waals surface area contributed by atoms with Crippen molar-refractivity contribution < 1.29 is 0 Å². The van der Waals surface area contributed by atoms with E-state index in [2.05, 4.69) is 25.6 Å². The number of nitrogens with one attached hydrogen (secondary N) is 2. The first-order chi connectivity index (χ1) is 10.8. The summed E-state index contributed by atoms with van der Waals surface area (Å²) in [5.74, 6) is 1.39. The van der Waals surface area contributed by atoms with Gasteiger partial charge in [-0.15, -0.1) is 0 Å². The number of nitrogens with zero attached hydrogens (tertiary/aromatic N) is 3. The Morgan fingerprint density at radius 3 is 2.55 bits per heavy atom. The molecule has 2 aromatic heterocycles. The summed E-state index contributed by atoms with van der Waals surface area (Å²) < 4.78 is 0. The number of benzene rings is 1. The molecule has 2 heterocycles. The summed E-state index contributed by atoms with van der Waals surface area (Å²) in [6.07, 6.45) is 3.27. The Hall–Kier alpha value is -2.66. The molecule has 0 atom stereocenters. The van der Waals surface area contributed by atoms with E-state index in [1.54, 1.807) is 6.20 Å². The van der Waals surface area contributed by atoms with Gasteiger partial charge in [0, 0.05) is 12.3 Å². The molecular weight excluding hydrogens is 298 g/mol. The third kappa shape index (κ3) is 3.71. The average molecular weight is 312 g/mol. The molecule has 0 aliphatic rings. The van der Waals surface area contributed by atoms with Gasteiger partial charge in [-0.05, 0) is 24.3 Å². The summed E-state index contributed by atoms with van der Waals surface area (Å²) in [5.41, 5.74) is 1.75. The summed E-state index contributed by atoms with van der Waals surface area (Å²) in [5, 5.41) is 7.03. The van der Waals surface area contributed by atoms with E-state index in [0.717, 1.165) is 17.2 Å². The fourth-order valence-electron chi connectivity index (χ4n) is 1.91. The van der Waals surface area contributed by atoms with Gasteiger partial charge >= 0.3 is 0 Å². The number of anilines is 3. The first kappa shape index (κ1) is 14.3. The van der Waals surface area contributed by atoms with Crippen molar-refractivity contribution >= 4 is 28.9 Å². The van der Waals surface area contributed by atoms with Gasteiger partial charge in [0.1, 0.15) is 18.0 Å². The minimum Gasteiger partial charge on any atom is -0.364 e. The van der Waals surface area contributed by atoms with Crippen molar-refractivity contribution in [1.29, 1.82) is 0 Å². The van der Waals surface area contributed by atoms with Crippen LogP contribution in [0.1, 0.15) is 5.69 Å². The molecule has 0 saturated carbocycles. The molecule has 0 spiro atoms. The van der Waals surface area contributed by atoms with Crippen molar-refractivity contribution in [2.75, 3.05) is 10.6 Å². The summed E-state index contributed by atoms with van der Waals surface area (Å²) in [6, 6.07) is 15.1. The van der Waals surface area contributed by atoms with Crippen molar-refractivity contribution in [2.24, 2.45) is 0 Å². The largest absolute Gasteiger partial charge is 0.364 e. The van der Waals surface area contributed by atoms with Crippen molar-refractivity contribution in [1.82, 2.24) is 15.0 Å². The van der Waals surface area contributed by atoms with Gasteiger partial charge in [0.05, 0.1) is 22.9 Å². The lowest BCUT2D eigenvalue weighted by Crippen LogP contribution is -2.04. The summed E-state index contributed by atoms with van der Waals surface area (Å²) in [6.45, 7) is 0.601. The molecule has 0 radical (unpaired) electrons. The van der Waals surface area contributed by atoms with Crippen LogP contribution in [0.25, 0.3) is 0 Å². The Labute approximate surface area is 133 Å². The molecule has 0 saturated heterocycles. The molecule has 6 heteroatoms. The van der Waals surface area contributed by atoms with Crippen LogP contribution in [0.15, 0.2) is 61.1 Å². The highest BCUT2D eigenvalue weighted by molar-refractivity contribution is 6.33. The van der Waals surface area contributed by atoms with E-state index in [-0.39, 0.29) is 0 Å². The molecule has 1 aromatic carbocycles. The second-order valence-corrected chi connectivity index (χ2v) is 4.98. The van der Waals surface area contributed by atoms with Gasteiger partial charge in [0.25, 0.3) is 0 Å². The summed E-state index contributed by atoms with van der Waals surface area (Å²) in [4.78, 5) is 12.6. The van der Waals surface area contributed by atoms with Crippen LogP contribution in [0.3, 0.4) is 0 Å². The number of rotatable bonds is 5. The topological polar surface area (TPSA) is 62.7 Å².